The average Bonchev–Trinajstić information content (AvgIpc) is 2.32. The fourth-order valence-corrected chi connectivity index (χ4v) is 1.98. The summed E-state index contributed by atoms with van der Waals surface area (Å²) < 4.78 is 0. The lowest BCUT2D eigenvalue weighted by molar-refractivity contribution is 0.102. The van der Waals surface area contributed by atoms with Crippen molar-refractivity contribution in [3.63, 3.8) is 0 Å². The molecule has 1 fully saturated rings. The summed E-state index contributed by atoms with van der Waals surface area (Å²) in [7, 11) is 0. The van der Waals surface area contributed by atoms with E-state index in [1.807, 2.05) is 11.8 Å². The highest BCUT2D eigenvalue weighted by atomic mass is 16.3. The Morgan fingerprint density at radius 3 is 3.12 bits per heavy atom. The highest BCUT2D eigenvalue weighted by Gasteiger charge is 2.26. The second-order valence-electron chi connectivity index (χ2n) is 4.27. The lowest BCUT2D eigenvalue weighted by Gasteiger charge is -2.35. The first-order chi connectivity index (χ1) is 7.72. The molecule has 2 atom stereocenters. The second-order valence-corrected chi connectivity index (χ2v) is 4.27. The van der Waals surface area contributed by atoms with Crippen molar-refractivity contribution in [3.8, 4) is 6.07 Å². The number of aromatic nitrogens is 1. The van der Waals surface area contributed by atoms with Crippen molar-refractivity contribution in [1.29, 1.82) is 5.26 Å². The van der Waals surface area contributed by atoms with Crippen LogP contribution in [0.3, 0.4) is 0 Å². The third-order valence-electron chi connectivity index (χ3n) is 3.13. The number of rotatable bonds is 1. The predicted molar refractivity (Wildman–Crippen MR) is 61.0 cm³/mol. The Morgan fingerprint density at radius 1 is 1.62 bits per heavy atom. The lowest BCUT2D eigenvalue weighted by atomic mass is 9.96. The molecule has 1 saturated heterocycles. The molecule has 1 aromatic rings. The van der Waals surface area contributed by atoms with Crippen LogP contribution in [0.1, 0.15) is 18.9 Å². The van der Waals surface area contributed by atoms with E-state index in [1.165, 1.54) is 0 Å². The van der Waals surface area contributed by atoms with Gasteiger partial charge in [0.05, 0.1) is 11.7 Å². The minimum absolute atomic E-state index is 0.325. The smallest absolute Gasteiger partial charge is 0.146 e. The van der Waals surface area contributed by atoms with E-state index >= 15 is 0 Å². The normalized spacial score (nSPS) is 25.2. The molecular formula is C12H15N3O. The largest absolute Gasteiger partial charge is 0.391 e. The highest BCUT2D eigenvalue weighted by Crippen LogP contribution is 2.23. The van der Waals surface area contributed by atoms with Gasteiger partial charge in [0.2, 0.25) is 0 Å². The molecule has 0 aliphatic carbocycles. The zero-order valence-electron chi connectivity index (χ0n) is 9.30. The maximum absolute atomic E-state index is 9.82. The number of piperidine rings is 1. The Bertz CT molecular complexity index is 413. The molecule has 0 radical (unpaired) electrons. The van der Waals surface area contributed by atoms with Crippen molar-refractivity contribution in [1.82, 2.24) is 4.98 Å². The van der Waals surface area contributed by atoms with Crippen LogP contribution in [0.5, 0.6) is 0 Å². The molecule has 16 heavy (non-hydrogen) atoms. The summed E-state index contributed by atoms with van der Waals surface area (Å²) in [4.78, 5) is 6.21. The van der Waals surface area contributed by atoms with Gasteiger partial charge < -0.3 is 10.0 Å². The summed E-state index contributed by atoms with van der Waals surface area (Å²) in [6.07, 6.45) is 2.28. The number of β-amino-alcohol motifs (C(OH)–C–C–N with tert-alkyl or cyclic N) is 1. The van der Waals surface area contributed by atoms with Gasteiger partial charge in [0.25, 0.3) is 0 Å². The molecule has 2 heterocycles. The number of hydrogen-bond donors (Lipinski definition) is 1. The zero-order valence-corrected chi connectivity index (χ0v) is 9.30. The Kier molecular flexibility index (Phi) is 3.07. The average molecular weight is 217 g/mol. The van der Waals surface area contributed by atoms with Gasteiger partial charge in [0.1, 0.15) is 11.9 Å². The first-order valence-corrected chi connectivity index (χ1v) is 5.50. The van der Waals surface area contributed by atoms with Gasteiger partial charge in [0, 0.05) is 19.3 Å². The van der Waals surface area contributed by atoms with Crippen LogP contribution in [-0.4, -0.2) is 29.3 Å². The highest BCUT2D eigenvalue weighted by molar-refractivity contribution is 5.53. The molecule has 0 aromatic carbocycles. The Morgan fingerprint density at radius 2 is 2.44 bits per heavy atom. The van der Waals surface area contributed by atoms with Crippen LogP contribution in [0.15, 0.2) is 18.3 Å². The molecule has 0 bridgehead atoms. The van der Waals surface area contributed by atoms with Crippen molar-refractivity contribution in [3.05, 3.63) is 23.9 Å². The van der Waals surface area contributed by atoms with Crippen LogP contribution in [-0.2, 0) is 0 Å². The van der Waals surface area contributed by atoms with Crippen LogP contribution < -0.4 is 4.90 Å². The molecule has 1 aliphatic heterocycles. The molecule has 0 spiro atoms. The zero-order chi connectivity index (χ0) is 11.5. The Labute approximate surface area is 95.1 Å². The van der Waals surface area contributed by atoms with Gasteiger partial charge >= 0.3 is 0 Å². The van der Waals surface area contributed by atoms with Gasteiger partial charge in [-0.15, -0.1) is 0 Å². The maximum atomic E-state index is 9.82. The van der Waals surface area contributed by atoms with E-state index < -0.39 is 0 Å². The summed E-state index contributed by atoms with van der Waals surface area (Å²) in [6.45, 7) is 3.46. The molecule has 1 aromatic heterocycles. The molecular weight excluding hydrogens is 202 g/mol. The van der Waals surface area contributed by atoms with Crippen LogP contribution in [0.25, 0.3) is 0 Å². The number of aliphatic hydroxyl groups is 1. The van der Waals surface area contributed by atoms with E-state index in [1.54, 1.807) is 18.3 Å². The van der Waals surface area contributed by atoms with E-state index in [-0.39, 0.29) is 6.10 Å². The van der Waals surface area contributed by atoms with Crippen molar-refractivity contribution in [2.45, 2.75) is 19.4 Å². The van der Waals surface area contributed by atoms with E-state index in [0.29, 0.717) is 23.8 Å². The van der Waals surface area contributed by atoms with Crippen molar-refractivity contribution in [2.75, 3.05) is 18.0 Å². The van der Waals surface area contributed by atoms with Crippen LogP contribution in [0.4, 0.5) is 5.82 Å². The van der Waals surface area contributed by atoms with Crippen LogP contribution in [0.2, 0.25) is 0 Å². The standard InChI is InChI=1S/C12H15N3O/c1-9-4-6-15(8-11(9)16)12-10(7-13)3-2-5-14-12/h2-3,5,9,11,16H,4,6,8H2,1H3. The molecule has 4 nitrogen and oxygen atoms in total. The summed E-state index contributed by atoms with van der Waals surface area (Å²) in [5.41, 5.74) is 0.573. The lowest BCUT2D eigenvalue weighted by Crippen LogP contribution is -2.43. The topological polar surface area (TPSA) is 60.2 Å². The number of nitriles is 1. The molecule has 2 unspecified atom stereocenters. The fraction of sp³-hybridized carbons (Fsp3) is 0.500. The van der Waals surface area contributed by atoms with Gasteiger partial charge in [-0.05, 0) is 24.5 Å². The maximum Gasteiger partial charge on any atom is 0.146 e. The van der Waals surface area contributed by atoms with Crippen molar-refractivity contribution < 1.29 is 5.11 Å². The van der Waals surface area contributed by atoms with Gasteiger partial charge in [-0.1, -0.05) is 6.92 Å². The minimum atomic E-state index is -0.331. The predicted octanol–water partition coefficient (Wildman–Crippen LogP) is 1.16. The molecule has 2 rings (SSSR count). The second kappa shape index (κ2) is 4.50. The Hall–Kier alpha value is -1.60. The third kappa shape index (κ3) is 2.00. The molecule has 1 aliphatic rings. The van der Waals surface area contributed by atoms with Crippen molar-refractivity contribution in [2.24, 2.45) is 5.92 Å². The van der Waals surface area contributed by atoms with Gasteiger partial charge in [-0.2, -0.15) is 5.26 Å². The van der Waals surface area contributed by atoms with Gasteiger partial charge in [-0.25, -0.2) is 4.98 Å². The quantitative estimate of drug-likeness (QED) is 0.766. The summed E-state index contributed by atoms with van der Waals surface area (Å²) in [5.74, 6) is 1.02. The third-order valence-corrected chi connectivity index (χ3v) is 3.13. The summed E-state index contributed by atoms with van der Waals surface area (Å²) >= 11 is 0. The molecule has 1 N–H and O–H groups in total. The van der Waals surface area contributed by atoms with Crippen molar-refractivity contribution >= 4 is 5.82 Å². The van der Waals surface area contributed by atoms with E-state index in [0.717, 1.165) is 13.0 Å². The number of pyridine rings is 1. The first-order valence-electron chi connectivity index (χ1n) is 5.50. The fourth-order valence-electron chi connectivity index (χ4n) is 1.98. The molecule has 0 saturated carbocycles. The number of anilines is 1. The van der Waals surface area contributed by atoms with E-state index in [4.69, 9.17) is 5.26 Å². The monoisotopic (exact) mass is 217 g/mol. The van der Waals surface area contributed by atoms with Crippen LogP contribution in [0, 0.1) is 17.2 Å². The number of nitrogens with zero attached hydrogens (tertiary/aromatic N) is 3. The molecule has 84 valence electrons. The summed E-state index contributed by atoms with van der Waals surface area (Å²) in [5, 5.41) is 18.8. The van der Waals surface area contributed by atoms with Gasteiger partial charge in [-0.3, -0.25) is 0 Å². The first kappa shape index (κ1) is 10.9. The molecule has 4 heteroatoms. The van der Waals surface area contributed by atoms with E-state index in [2.05, 4.69) is 11.1 Å². The Balaban J connectivity index is 2.22. The van der Waals surface area contributed by atoms with Crippen LogP contribution >= 0.6 is 0 Å². The molecule has 0 amide bonds. The number of aliphatic hydroxyl groups excluding tert-OH is 1. The SMILES string of the molecule is CC1CCN(c2ncccc2C#N)CC1O. The number of hydrogen-bond acceptors (Lipinski definition) is 4. The minimum Gasteiger partial charge on any atom is -0.391 e. The van der Waals surface area contributed by atoms with E-state index in [9.17, 15) is 5.11 Å². The summed E-state index contributed by atoms with van der Waals surface area (Å²) in [6, 6.07) is 5.64. The van der Waals surface area contributed by atoms with Gasteiger partial charge in [0.15, 0.2) is 0 Å².